The summed E-state index contributed by atoms with van der Waals surface area (Å²) in [6.45, 7) is 2.07. The Bertz CT molecular complexity index is 1160. The molecule has 5 rings (SSSR count). The molecule has 2 aromatic carbocycles. The highest BCUT2D eigenvalue weighted by atomic mass is 16.5. The number of piperidine rings is 1. The van der Waals surface area contributed by atoms with Gasteiger partial charge >= 0.3 is 0 Å². The van der Waals surface area contributed by atoms with Gasteiger partial charge in [-0.05, 0) is 23.8 Å². The molecule has 0 bridgehead atoms. The lowest BCUT2D eigenvalue weighted by molar-refractivity contribution is 0.0589. The fraction of sp³-hybridized carbons (Fsp3) is 0.250. The first kappa shape index (κ1) is 19.2. The van der Waals surface area contributed by atoms with E-state index in [2.05, 4.69) is 15.2 Å². The summed E-state index contributed by atoms with van der Waals surface area (Å²) in [5.41, 5.74) is 1.85. The summed E-state index contributed by atoms with van der Waals surface area (Å²) in [5, 5.41) is 10.2. The van der Waals surface area contributed by atoms with Crippen molar-refractivity contribution in [3.63, 3.8) is 0 Å². The van der Waals surface area contributed by atoms with Gasteiger partial charge in [-0.2, -0.15) is 5.10 Å². The highest BCUT2D eigenvalue weighted by Gasteiger charge is 2.25. The van der Waals surface area contributed by atoms with E-state index >= 15 is 0 Å². The Kier molecular flexibility index (Phi) is 5.31. The number of hydrogen-bond acceptors (Lipinski definition) is 5. The minimum atomic E-state index is 0.0294. The summed E-state index contributed by atoms with van der Waals surface area (Å²) in [5.74, 6) is 0.633. The third kappa shape index (κ3) is 4.26. The maximum absolute atomic E-state index is 12.9. The first-order chi connectivity index (χ1) is 15.3. The number of likely N-dealkylation sites (tertiary alicyclic amines) is 1. The van der Waals surface area contributed by atoms with Gasteiger partial charge in [0, 0.05) is 61.2 Å². The van der Waals surface area contributed by atoms with Gasteiger partial charge in [0.05, 0.1) is 12.5 Å². The third-order valence-electron chi connectivity index (χ3n) is 5.67. The zero-order valence-corrected chi connectivity index (χ0v) is 17.1. The van der Waals surface area contributed by atoms with Crippen molar-refractivity contribution in [2.24, 2.45) is 0 Å². The highest BCUT2D eigenvalue weighted by Crippen LogP contribution is 2.25. The molecule has 7 nitrogen and oxygen atoms in total. The number of benzene rings is 2. The van der Waals surface area contributed by atoms with E-state index in [0.29, 0.717) is 24.5 Å². The topological polar surface area (TPSA) is 73.1 Å². The van der Waals surface area contributed by atoms with E-state index in [0.717, 1.165) is 35.7 Å². The predicted molar refractivity (Wildman–Crippen MR) is 117 cm³/mol. The molecule has 1 aliphatic heterocycles. The van der Waals surface area contributed by atoms with Gasteiger partial charge in [0.25, 0.3) is 5.91 Å². The molecule has 1 amide bonds. The Morgan fingerprint density at radius 3 is 2.65 bits per heavy atom. The third-order valence-corrected chi connectivity index (χ3v) is 5.67. The van der Waals surface area contributed by atoms with E-state index in [1.807, 2.05) is 64.2 Å². The Morgan fingerprint density at radius 1 is 1.06 bits per heavy atom. The molecule has 0 radical (unpaired) electrons. The van der Waals surface area contributed by atoms with E-state index in [9.17, 15) is 4.79 Å². The van der Waals surface area contributed by atoms with Crippen LogP contribution in [0.15, 0.2) is 73.4 Å². The number of amides is 1. The van der Waals surface area contributed by atoms with Crippen LogP contribution < -0.4 is 4.74 Å². The number of carbonyl (C=O) groups excluding carboxylic acids is 1. The standard InChI is InChI=1S/C24H23N5O2/c30-24(19-7-5-18(6-8-19)16-28-14-11-25-17-28)29-12-9-21(10-13-29)31-23-22-4-2-1-3-20(22)15-26-27-23/h1-8,11,14-15,17,21H,9-10,12-13,16H2. The van der Waals surface area contributed by atoms with Gasteiger partial charge < -0.3 is 14.2 Å². The zero-order valence-electron chi connectivity index (χ0n) is 17.1. The van der Waals surface area contributed by atoms with Crippen LogP contribution >= 0.6 is 0 Å². The first-order valence-corrected chi connectivity index (χ1v) is 10.5. The van der Waals surface area contributed by atoms with Crippen molar-refractivity contribution in [1.29, 1.82) is 0 Å². The van der Waals surface area contributed by atoms with E-state index in [4.69, 9.17) is 4.74 Å². The average molecular weight is 413 g/mol. The summed E-state index contributed by atoms with van der Waals surface area (Å²) in [6, 6.07) is 15.8. The van der Waals surface area contributed by atoms with Gasteiger partial charge in [-0.15, -0.1) is 5.10 Å². The number of imidazole rings is 1. The lowest BCUT2D eigenvalue weighted by Crippen LogP contribution is -2.41. The maximum Gasteiger partial charge on any atom is 0.253 e. The summed E-state index contributed by atoms with van der Waals surface area (Å²) in [7, 11) is 0. The number of nitrogens with zero attached hydrogens (tertiary/aromatic N) is 5. The molecule has 156 valence electrons. The van der Waals surface area contributed by atoms with Crippen molar-refractivity contribution in [3.8, 4) is 5.88 Å². The zero-order chi connectivity index (χ0) is 21.0. The lowest BCUT2D eigenvalue weighted by atomic mass is 10.1. The minimum Gasteiger partial charge on any atom is -0.473 e. The van der Waals surface area contributed by atoms with Crippen molar-refractivity contribution in [2.45, 2.75) is 25.5 Å². The molecule has 1 aliphatic rings. The summed E-state index contributed by atoms with van der Waals surface area (Å²) < 4.78 is 8.15. The molecule has 1 fully saturated rings. The predicted octanol–water partition coefficient (Wildman–Crippen LogP) is 3.56. The van der Waals surface area contributed by atoms with Crippen LogP contribution in [0.2, 0.25) is 0 Å². The van der Waals surface area contributed by atoms with E-state index in [1.54, 1.807) is 18.7 Å². The van der Waals surface area contributed by atoms with Gasteiger partial charge in [0.15, 0.2) is 0 Å². The molecule has 3 heterocycles. The Morgan fingerprint density at radius 2 is 1.87 bits per heavy atom. The van der Waals surface area contributed by atoms with Crippen LogP contribution in [0.25, 0.3) is 10.8 Å². The van der Waals surface area contributed by atoms with E-state index < -0.39 is 0 Å². The van der Waals surface area contributed by atoms with Crippen molar-refractivity contribution in [1.82, 2.24) is 24.6 Å². The first-order valence-electron chi connectivity index (χ1n) is 10.5. The molecule has 2 aromatic heterocycles. The van der Waals surface area contributed by atoms with Crippen molar-refractivity contribution in [3.05, 3.63) is 84.6 Å². The molecule has 0 aliphatic carbocycles. The smallest absolute Gasteiger partial charge is 0.253 e. The van der Waals surface area contributed by atoms with Crippen LogP contribution in [0.3, 0.4) is 0 Å². The fourth-order valence-electron chi connectivity index (χ4n) is 3.95. The number of carbonyl (C=O) groups is 1. The van der Waals surface area contributed by atoms with Crippen molar-refractivity contribution >= 4 is 16.7 Å². The van der Waals surface area contributed by atoms with E-state index in [1.165, 1.54) is 0 Å². The average Bonchev–Trinajstić information content (AvgIpc) is 3.33. The number of ether oxygens (including phenoxy) is 1. The fourth-order valence-corrected chi connectivity index (χ4v) is 3.95. The molecular weight excluding hydrogens is 390 g/mol. The van der Waals surface area contributed by atoms with Crippen LogP contribution in [0.5, 0.6) is 5.88 Å². The molecule has 4 aromatic rings. The second kappa shape index (κ2) is 8.55. The van der Waals surface area contributed by atoms with Gasteiger partial charge in [0.1, 0.15) is 6.10 Å². The van der Waals surface area contributed by atoms with Crippen LogP contribution in [-0.4, -0.2) is 49.7 Å². The Balaban J connectivity index is 1.19. The van der Waals surface area contributed by atoms with Gasteiger partial charge in [0.2, 0.25) is 5.88 Å². The quantitative estimate of drug-likeness (QED) is 0.500. The minimum absolute atomic E-state index is 0.0294. The number of aromatic nitrogens is 4. The molecule has 31 heavy (non-hydrogen) atoms. The second-order valence-electron chi connectivity index (χ2n) is 7.78. The summed E-state index contributed by atoms with van der Waals surface area (Å²) >= 11 is 0. The molecular formula is C24H23N5O2. The summed E-state index contributed by atoms with van der Waals surface area (Å²) in [4.78, 5) is 18.9. The number of rotatable bonds is 5. The number of fused-ring (bicyclic) bond motifs is 1. The maximum atomic E-state index is 12.9. The number of hydrogen-bond donors (Lipinski definition) is 0. The Hall–Kier alpha value is -3.74. The highest BCUT2D eigenvalue weighted by molar-refractivity contribution is 5.94. The van der Waals surface area contributed by atoms with Crippen LogP contribution in [0.4, 0.5) is 0 Å². The van der Waals surface area contributed by atoms with Gasteiger partial charge in [-0.3, -0.25) is 4.79 Å². The van der Waals surface area contributed by atoms with Gasteiger partial charge in [-0.25, -0.2) is 4.98 Å². The molecule has 0 saturated carbocycles. The molecule has 0 spiro atoms. The van der Waals surface area contributed by atoms with E-state index in [-0.39, 0.29) is 12.0 Å². The molecule has 1 saturated heterocycles. The van der Waals surface area contributed by atoms with Crippen LogP contribution in [0, 0.1) is 0 Å². The van der Waals surface area contributed by atoms with Crippen LogP contribution in [0.1, 0.15) is 28.8 Å². The largest absolute Gasteiger partial charge is 0.473 e. The second-order valence-corrected chi connectivity index (χ2v) is 7.78. The molecule has 0 atom stereocenters. The van der Waals surface area contributed by atoms with Crippen molar-refractivity contribution < 1.29 is 9.53 Å². The Labute approximate surface area is 180 Å². The summed E-state index contributed by atoms with van der Waals surface area (Å²) in [6.07, 6.45) is 8.79. The molecule has 7 heteroatoms. The molecule has 0 unspecified atom stereocenters. The monoisotopic (exact) mass is 413 g/mol. The molecule has 0 N–H and O–H groups in total. The van der Waals surface area contributed by atoms with Gasteiger partial charge in [-0.1, -0.05) is 30.3 Å². The normalized spacial score (nSPS) is 14.6. The lowest BCUT2D eigenvalue weighted by Gasteiger charge is -2.32. The van der Waals surface area contributed by atoms with Crippen molar-refractivity contribution in [2.75, 3.05) is 13.1 Å². The van der Waals surface area contributed by atoms with Crippen LogP contribution in [-0.2, 0) is 6.54 Å². The SMILES string of the molecule is O=C(c1ccc(Cn2ccnc2)cc1)N1CCC(Oc2nncc3ccccc23)CC1.